The van der Waals surface area contributed by atoms with Crippen molar-refractivity contribution in [1.82, 2.24) is 10.3 Å². The fraction of sp³-hybridized carbons (Fsp3) is 0.333. The van der Waals surface area contributed by atoms with E-state index in [1.54, 1.807) is 18.5 Å². The first-order chi connectivity index (χ1) is 7.33. The Morgan fingerprint density at radius 3 is 3.20 bits per heavy atom. The maximum Gasteiger partial charge on any atom is 0.224 e. The van der Waals surface area contributed by atoms with Crippen LogP contribution in [0.5, 0.6) is 0 Å². The summed E-state index contributed by atoms with van der Waals surface area (Å²) in [6, 6.07) is 3.61. The lowest BCUT2D eigenvalue weighted by atomic mass is 10.2. The third-order valence-electron chi connectivity index (χ3n) is 1.68. The third-order valence-corrected chi connectivity index (χ3v) is 1.68. The van der Waals surface area contributed by atoms with Crippen LogP contribution in [0.2, 0.25) is 0 Å². The maximum absolute atomic E-state index is 11.3. The van der Waals surface area contributed by atoms with E-state index in [2.05, 4.69) is 20.3 Å². The van der Waals surface area contributed by atoms with Crippen molar-refractivity contribution in [3.05, 3.63) is 40.5 Å². The van der Waals surface area contributed by atoms with E-state index in [0.29, 0.717) is 13.0 Å². The fourth-order valence-electron chi connectivity index (χ4n) is 1.04. The summed E-state index contributed by atoms with van der Waals surface area (Å²) in [6.07, 6.45) is 3.60. The van der Waals surface area contributed by atoms with Crippen molar-refractivity contribution in [2.45, 2.75) is 6.42 Å². The zero-order valence-corrected chi connectivity index (χ0v) is 8.13. The smallest absolute Gasteiger partial charge is 0.224 e. The molecule has 1 rings (SSSR count). The van der Waals surface area contributed by atoms with Crippen LogP contribution in [0.1, 0.15) is 5.56 Å². The van der Waals surface area contributed by atoms with Crippen molar-refractivity contribution >= 4 is 5.91 Å². The van der Waals surface area contributed by atoms with E-state index < -0.39 is 0 Å². The second-order valence-corrected chi connectivity index (χ2v) is 2.84. The topological polar surface area (TPSA) is 90.8 Å². The predicted molar refractivity (Wildman–Crippen MR) is 55.0 cm³/mol. The van der Waals surface area contributed by atoms with E-state index in [9.17, 15) is 4.79 Å². The van der Waals surface area contributed by atoms with Crippen molar-refractivity contribution in [3.8, 4) is 0 Å². The van der Waals surface area contributed by atoms with Gasteiger partial charge in [0.25, 0.3) is 0 Å². The molecule has 0 bridgehead atoms. The van der Waals surface area contributed by atoms with E-state index in [1.165, 1.54) is 0 Å². The number of carbonyl (C=O) groups excluding carboxylic acids is 1. The molecule has 1 N–H and O–H groups in total. The van der Waals surface area contributed by atoms with Gasteiger partial charge in [-0.15, -0.1) is 0 Å². The van der Waals surface area contributed by atoms with Crippen LogP contribution < -0.4 is 5.32 Å². The van der Waals surface area contributed by atoms with E-state index in [0.717, 1.165) is 5.56 Å². The van der Waals surface area contributed by atoms with E-state index in [4.69, 9.17) is 5.53 Å². The molecule has 0 saturated heterocycles. The summed E-state index contributed by atoms with van der Waals surface area (Å²) in [5.74, 6) is -0.101. The maximum atomic E-state index is 11.3. The number of hydrogen-bond donors (Lipinski definition) is 1. The molecule has 0 saturated carbocycles. The van der Waals surface area contributed by atoms with E-state index >= 15 is 0 Å². The normalized spacial score (nSPS) is 9.07. The molecule has 1 heterocycles. The quantitative estimate of drug-likeness (QED) is 0.337. The van der Waals surface area contributed by atoms with Gasteiger partial charge in [-0.25, -0.2) is 0 Å². The zero-order chi connectivity index (χ0) is 10.9. The highest BCUT2D eigenvalue weighted by atomic mass is 16.1. The lowest BCUT2D eigenvalue weighted by Crippen LogP contribution is -2.27. The molecule has 1 aromatic heterocycles. The molecule has 0 radical (unpaired) electrons. The van der Waals surface area contributed by atoms with Crippen LogP contribution in [0.15, 0.2) is 29.6 Å². The minimum absolute atomic E-state index is 0.101. The Morgan fingerprint density at radius 2 is 2.53 bits per heavy atom. The molecule has 0 atom stereocenters. The number of nitrogens with zero attached hydrogens (tertiary/aromatic N) is 4. The highest BCUT2D eigenvalue weighted by molar-refractivity contribution is 5.78. The van der Waals surface area contributed by atoms with E-state index in [1.807, 2.05) is 6.07 Å². The SMILES string of the molecule is [N-]=[N+]=NCCNC(=O)Cc1cccnc1. The van der Waals surface area contributed by atoms with Gasteiger partial charge in [0.05, 0.1) is 6.42 Å². The van der Waals surface area contributed by atoms with Crippen LogP contribution in [0.3, 0.4) is 0 Å². The summed E-state index contributed by atoms with van der Waals surface area (Å²) in [6.45, 7) is 0.637. The lowest BCUT2D eigenvalue weighted by molar-refractivity contribution is -0.120. The Balaban J connectivity index is 2.27. The number of amides is 1. The molecule has 6 nitrogen and oxygen atoms in total. The van der Waals surface area contributed by atoms with Crippen molar-refractivity contribution in [2.24, 2.45) is 5.11 Å². The van der Waals surface area contributed by atoms with Gasteiger partial charge in [0.1, 0.15) is 0 Å². The first kappa shape index (κ1) is 11.0. The lowest BCUT2D eigenvalue weighted by Gasteiger charge is -2.02. The van der Waals surface area contributed by atoms with Gasteiger partial charge in [0.15, 0.2) is 0 Å². The monoisotopic (exact) mass is 205 g/mol. The van der Waals surface area contributed by atoms with Crippen molar-refractivity contribution in [2.75, 3.05) is 13.1 Å². The standard InChI is InChI=1S/C9H11N5O/c10-14-13-5-4-12-9(15)6-8-2-1-3-11-7-8/h1-3,7H,4-6H2,(H,12,15). The molecule has 0 unspecified atom stereocenters. The molecule has 0 fully saturated rings. The Kier molecular flexibility index (Phi) is 4.69. The summed E-state index contributed by atoms with van der Waals surface area (Å²) < 4.78 is 0. The highest BCUT2D eigenvalue weighted by Gasteiger charge is 2.01. The van der Waals surface area contributed by atoms with Gasteiger partial charge in [0, 0.05) is 30.4 Å². The molecular formula is C9H11N5O. The average molecular weight is 205 g/mol. The molecule has 0 aliphatic carbocycles. The van der Waals surface area contributed by atoms with Crippen LogP contribution in [-0.4, -0.2) is 24.0 Å². The van der Waals surface area contributed by atoms with Gasteiger partial charge >= 0.3 is 0 Å². The number of hydrogen-bond acceptors (Lipinski definition) is 3. The second kappa shape index (κ2) is 6.39. The van der Waals surface area contributed by atoms with E-state index in [-0.39, 0.29) is 12.5 Å². The first-order valence-electron chi connectivity index (χ1n) is 4.49. The molecular weight excluding hydrogens is 194 g/mol. The van der Waals surface area contributed by atoms with Crippen LogP contribution in [0.25, 0.3) is 10.4 Å². The minimum atomic E-state index is -0.101. The Bertz CT molecular complexity index is 358. The number of azide groups is 1. The molecule has 1 aromatic rings. The van der Waals surface area contributed by atoms with Gasteiger partial charge in [-0.1, -0.05) is 11.2 Å². The fourth-order valence-corrected chi connectivity index (χ4v) is 1.04. The molecule has 1 amide bonds. The largest absolute Gasteiger partial charge is 0.356 e. The number of pyridine rings is 1. The highest BCUT2D eigenvalue weighted by Crippen LogP contribution is 1.96. The molecule has 15 heavy (non-hydrogen) atoms. The average Bonchev–Trinajstić information content (AvgIpc) is 2.26. The Hall–Kier alpha value is -2.07. The first-order valence-corrected chi connectivity index (χ1v) is 4.49. The number of rotatable bonds is 5. The van der Waals surface area contributed by atoms with Gasteiger partial charge in [-0.3, -0.25) is 9.78 Å². The molecule has 0 aromatic carbocycles. The molecule has 0 aliphatic rings. The van der Waals surface area contributed by atoms with Crippen molar-refractivity contribution in [3.63, 3.8) is 0 Å². The minimum Gasteiger partial charge on any atom is -0.356 e. The molecule has 0 aliphatic heterocycles. The van der Waals surface area contributed by atoms with Gasteiger partial charge in [-0.2, -0.15) is 0 Å². The third kappa shape index (κ3) is 4.64. The molecule has 6 heteroatoms. The molecule has 78 valence electrons. The molecule has 0 spiro atoms. The van der Waals surface area contributed by atoms with Gasteiger partial charge in [0.2, 0.25) is 5.91 Å². The summed E-state index contributed by atoms with van der Waals surface area (Å²) in [4.78, 5) is 17.8. The van der Waals surface area contributed by atoms with Crippen molar-refractivity contribution < 1.29 is 4.79 Å². The Labute approximate surface area is 87.0 Å². The number of carbonyl (C=O) groups is 1. The zero-order valence-electron chi connectivity index (χ0n) is 8.13. The summed E-state index contributed by atoms with van der Waals surface area (Å²) >= 11 is 0. The van der Waals surface area contributed by atoms with Crippen LogP contribution >= 0.6 is 0 Å². The predicted octanol–water partition coefficient (Wildman–Crippen LogP) is 1.05. The Morgan fingerprint density at radius 1 is 1.67 bits per heavy atom. The van der Waals surface area contributed by atoms with Crippen molar-refractivity contribution in [1.29, 1.82) is 0 Å². The summed E-state index contributed by atoms with van der Waals surface area (Å²) in [5.41, 5.74) is 8.86. The summed E-state index contributed by atoms with van der Waals surface area (Å²) in [5, 5.41) is 5.94. The number of nitrogens with one attached hydrogen (secondary N) is 1. The van der Waals surface area contributed by atoms with Crippen LogP contribution in [0, 0.1) is 0 Å². The van der Waals surface area contributed by atoms with Crippen LogP contribution in [-0.2, 0) is 11.2 Å². The second-order valence-electron chi connectivity index (χ2n) is 2.84. The van der Waals surface area contributed by atoms with Gasteiger partial charge in [-0.05, 0) is 17.2 Å². The van der Waals surface area contributed by atoms with Gasteiger partial charge < -0.3 is 5.32 Å². The summed E-state index contributed by atoms with van der Waals surface area (Å²) in [7, 11) is 0. The number of aromatic nitrogens is 1. The van der Waals surface area contributed by atoms with Crippen LogP contribution in [0.4, 0.5) is 0 Å².